The highest BCUT2D eigenvalue weighted by Gasteiger charge is 2.35. The number of hydrogen-bond donors (Lipinski definition) is 1. The summed E-state index contributed by atoms with van der Waals surface area (Å²) in [6.45, 7) is 5.39. The molecule has 118 valence electrons. The second kappa shape index (κ2) is 8.55. The average Bonchev–Trinajstić information content (AvgIpc) is 2.52. The fraction of sp³-hybridized carbons (Fsp3) is 0.684. The summed E-state index contributed by atoms with van der Waals surface area (Å²) < 4.78 is 5.22. The Balaban J connectivity index is 2.12. The van der Waals surface area contributed by atoms with Crippen molar-refractivity contribution in [3.63, 3.8) is 0 Å². The first-order valence-electron chi connectivity index (χ1n) is 8.60. The molecule has 1 atom stereocenters. The van der Waals surface area contributed by atoms with E-state index in [1.54, 1.807) is 18.2 Å². The Labute approximate surface area is 130 Å². The quantitative estimate of drug-likeness (QED) is 0.692. The van der Waals surface area contributed by atoms with Crippen LogP contribution in [0.5, 0.6) is 0 Å². The van der Waals surface area contributed by atoms with E-state index in [9.17, 15) is 0 Å². The highest BCUT2D eigenvalue weighted by Crippen LogP contribution is 2.40. The summed E-state index contributed by atoms with van der Waals surface area (Å²) in [5.41, 5.74) is 3.53. The Morgan fingerprint density at radius 2 is 2.10 bits per heavy atom. The van der Waals surface area contributed by atoms with Gasteiger partial charge in [-0.15, -0.1) is 0 Å². The minimum Gasteiger partial charge on any atom is -0.385 e. The zero-order valence-corrected chi connectivity index (χ0v) is 13.8. The van der Waals surface area contributed by atoms with Crippen LogP contribution in [0.4, 0.5) is 0 Å². The van der Waals surface area contributed by atoms with Crippen molar-refractivity contribution >= 4 is 0 Å². The summed E-state index contributed by atoms with van der Waals surface area (Å²) in [6.07, 6.45) is 8.84. The van der Waals surface area contributed by atoms with Gasteiger partial charge in [0.1, 0.15) is 0 Å². The van der Waals surface area contributed by atoms with Crippen LogP contribution >= 0.6 is 0 Å². The van der Waals surface area contributed by atoms with Crippen LogP contribution in [0.3, 0.4) is 0 Å². The first kappa shape index (κ1) is 16.5. The van der Waals surface area contributed by atoms with Crippen LogP contribution in [-0.4, -0.2) is 26.8 Å². The molecule has 0 spiro atoms. The second-order valence-corrected chi connectivity index (χ2v) is 6.42. The van der Waals surface area contributed by atoms with Crippen LogP contribution in [0.15, 0.2) is 24.3 Å². The van der Waals surface area contributed by atoms with Gasteiger partial charge in [0.05, 0.1) is 0 Å². The lowest BCUT2D eigenvalue weighted by atomic mass is 9.67. The van der Waals surface area contributed by atoms with Gasteiger partial charge in [-0.1, -0.05) is 37.6 Å². The van der Waals surface area contributed by atoms with E-state index < -0.39 is 0 Å². The smallest absolute Gasteiger partial charge is 0.0462 e. The van der Waals surface area contributed by atoms with Crippen molar-refractivity contribution in [2.24, 2.45) is 0 Å². The van der Waals surface area contributed by atoms with Crippen LogP contribution in [0, 0.1) is 0 Å². The summed E-state index contributed by atoms with van der Waals surface area (Å²) in [4.78, 5) is 0. The van der Waals surface area contributed by atoms with E-state index in [0.29, 0.717) is 5.41 Å². The molecule has 1 unspecified atom stereocenters. The van der Waals surface area contributed by atoms with Gasteiger partial charge in [0.2, 0.25) is 0 Å². The Hall–Kier alpha value is -0.860. The third-order valence-electron chi connectivity index (χ3n) is 4.83. The molecule has 1 aliphatic rings. The second-order valence-electron chi connectivity index (χ2n) is 6.42. The minimum absolute atomic E-state index is 0.345. The first-order chi connectivity index (χ1) is 10.3. The lowest BCUT2D eigenvalue weighted by Gasteiger charge is -2.40. The molecule has 1 aromatic carbocycles. The van der Waals surface area contributed by atoms with Crippen molar-refractivity contribution in [3.8, 4) is 0 Å². The number of ether oxygens (including phenoxy) is 1. The minimum atomic E-state index is 0.345. The number of aryl methyl sites for hydroxylation is 1. The monoisotopic (exact) mass is 289 g/mol. The molecule has 0 saturated carbocycles. The highest BCUT2D eigenvalue weighted by molar-refractivity contribution is 5.37. The Morgan fingerprint density at radius 3 is 2.90 bits per heavy atom. The fourth-order valence-electron chi connectivity index (χ4n) is 3.75. The average molecular weight is 289 g/mol. The molecule has 0 radical (unpaired) electrons. The number of rotatable bonds is 9. The number of fused-ring (bicyclic) bond motifs is 1. The molecule has 2 rings (SSSR count). The molecule has 0 amide bonds. The molecule has 0 saturated heterocycles. The van der Waals surface area contributed by atoms with Crippen LogP contribution in [0.25, 0.3) is 0 Å². The predicted molar refractivity (Wildman–Crippen MR) is 89.9 cm³/mol. The Kier molecular flexibility index (Phi) is 6.72. The highest BCUT2D eigenvalue weighted by atomic mass is 16.5. The maximum Gasteiger partial charge on any atom is 0.0462 e. The van der Waals surface area contributed by atoms with Crippen LogP contribution < -0.4 is 5.32 Å². The van der Waals surface area contributed by atoms with Crippen molar-refractivity contribution in [2.45, 2.75) is 57.3 Å². The summed E-state index contributed by atoms with van der Waals surface area (Å²) >= 11 is 0. The third-order valence-corrected chi connectivity index (χ3v) is 4.83. The zero-order valence-electron chi connectivity index (χ0n) is 13.8. The van der Waals surface area contributed by atoms with Gasteiger partial charge in [-0.05, 0) is 56.2 Å². The molecule has 1 aromatic rings. The largest absolute Gasteiger partial charge is 0.385 e. The normalized spacial score (nSPS) is 21.2. The van der Waals surface area contributed by atoms with Gasteiger partial charge in [-0.2, -0.15) is 0 Å². The number of methoxy groups -OCH3 is 1. The first-order valence-corrected chi connectivity index (χ1v) is 8.60. The van der Waals surface area contributed by atoms with E-state index in [1.807, 2.05) is 0 Å². The molecular weight excluding hydrogens is 258 g/mol. The van der Waals surface area contributed by atoms with E-state index in [1.165, 1.54) is 44.9 Å². The molecule has 2 heteroatoms. The van der Waals surface area contributed by atoms with Crippen molar-refractivity contribution in [2.75, 3.05) is 26.8 Å². The van der Waals surface area contributed by atoms with E-state index in [2.05, 4.69) is 36.5 Å². The topological polar surface area (TPSA) is 21.3 Å². The molecule has 1 N–H and O–H groups in total. The van der Waals surface area contributed by atoms with Crippen LogP contribution in [-0.2, 0) is 16.6 Å². The lowest BCUT2D eigenvalue weighted by Crippen LogP contribution is -2.41. The van der Waals surface area contributed by atoms with Gasteiger partial charge in [0.15, 0.2) is 0 Å². The number of hydrogen-bond acceptors (Lipinski definition) is 2. The molecule has 2 nitrogen and oxygen atoms in total. The Bertz CT molecular complexity index is 418. The Morgan fingerprint density at radius 1 is 1.24 bits per heavy atom. The van der Waals surface area contributed by atoms with Gasteiger partial charge < -0.3 is 10.1 Å². The van der Waals surface area contributed by atoms with E-state index >= 15 is 0 Å². The molecule has 0 aromatic heterocycles. The number of benzene rings is 1. The van der Waals surface area contributed by atoms with Crippen LogP contribution in [0.1, 0.15) is 56.6 Å². The molecule has 21 heavy (non-hydrogen) atoms. The van der Waals surface area contributed by atoms with E-state index in [0.717, 1.165) is 19.7 Å². The molecule has 1 aliphatic carbocycles. The number of unbranched alkanes of at least 4 members (excludes halogenated alkanes) is 1. The van der Waals surface area contributed by atoms with Gasteiger partial charge >= 0.3 is 0 Å². The zero-order chi connectivity index (χ0) is 15.0. The SMILES string of the molecule is CCCNCC1(CCCCOC)CCCc2ccccc21. The van der Waals surface area contributed by atoms with Gasteiger partial charge in [-0.25, -0.2) is 0 Å². The van der Waals surface area contributed by atoms with E-state index in [4.69, 9.17) is 4.74 Å². The maximum atomic E-state index is 5.22. The fourth-order valence-corrected chi connectivity index (χ4v) is 3.75. The number of nitrogens with one attached hydrogen (secondary N) is 1. The summed E-state index contributed by atoms with van der Waals surface area (Å²) in [6, 6.07) is 9.11. The maximum absolute atomic E-state index is 5.22. The lowest BCUT2D eigenvalue weighted by molar-refractivity contribution is 0.186. The van der Waals surface area contributed by atoms with Gasteiger partial charge in [0.25, 0.3) is 0 Å². The summed E-state index contributed by atoms with van der Waals surface area (Å²) in [5.74, 6) is 0. The molecule has 0 bridgehead atoms. The standard InChI is InChI=1S/C19H31NO/c1-3-14-20-16-19(12-6-7-15-21-2)13-8-10-17-9-4-5-11-18(17)19/h4-5,9,11,20H,3,6-8,10,12-16H2,1-2H3. The molecule has 0 aliphatic heterocycles. The molecule has 0 fully saturated rings. The summed E-state index contributed by atoms with van der Waals surface area (Å²) in [7, 11) is 1.80. The van der Waals surface area contributed by atoms with Crippen molar-refractivity contribution < 1.29 is 4.74 Å². The van der Waals surface area contributed by atoms with Crippen LogP contribution in [0.2, 0.25) is 0 Å². The third kappa shape index (κ3) is 4.31. The predicted octanol–water partition coefficient (Wildman–Crippen LogP) is 4.08. The van der Waals surface area contributed by atoms with E-state index in [-0.39, 0.29) is 0 Å². The summed E-state index contributed by atoms with van der Waals surface area (Å²) in [5, 5.41) is 3.70. The van der Waals surface area contributed by atoms with Gasteiger partial charge in [0, 0.05) is 25.7 Å². The van der Waals surface area contributed by atoms with Crippen molar-refractivity contribution in [1.82, 2.24) is 5.32 Å². The van der Waals surface area contributed by atoms with Crippen molar-refractivity contribution in [3.05, 3.63) is 35.4 Å². The van der Waals surface area contributed by atoms with Crippen molar-refractivity contribution in [1.29, 1.82) is 0 Å². The molecule has 0 heterocycles. The van der Waals surface area contributed by atoms with Gasteiger partial charge in [-0.3, -0.25) is 0 Å². The molecular formula is C19H31NO.